The Labute approximate surface area is 138 Å². The molecule has 1 aliphatic heterocycles. The maximum Gasteiger partial charge on any atom is 0.410 e. The van der Waals surface area contributed by atoms with E-state index in [9.17, 15) is 9.18 Å². The van der Waals surface area contributed by atoms with Crippen LogP contribution in [0.3, 0.4) is 0 Å². The van der Waals surface area contributed by atoms with Crippen LogP contribution in [0.2, 0.25) is 0 Å². The number of likely N-dealkylation sites (tertiary alicyclic amines) is 1. The molecule has 0 radical (unpaired) electrons. The molecule has 0 atom stereocenters. The van der Waals surface area contributed by atoms with Crippen molar-refractivity contribution in [3.63, 3.8) is 0 Å². The monoisotopic (exact) mass is 373 g/mol. The Bertz CT molecular complexity index is 537. The molecule has 2 rings (SSSR count). The van der Waals surface area contributed by atoms with Gasteiger partial charge in [-0.05, 0) is 48.8 Å². The van der Waals surface area contributed by atoms with Crippen LogP contribution in [0.1, 0.15) is 33.6 Å². The summed E-state index contributed by atoms with van der Waals surface area (Å²) in [6.07, 6.45) is 0.915. The highest BCUT2D eigenvalue weighted by Crippen LogP contribution is 2.27. The van der Waals surface area contributed by atoms with E-state index in [0.717, 1.165) is 0 Å². The second-order valence-electron chi connectivity index (χ2n) is 6.34. The predicted molar refractivity (Wildman–Crippen MR) is 85.6 cm³/mol. The van der Waals surface area contributed by atoms with Gasteiger partial charge in [0.15, 0.2) is 11.6 Å². The van der Waals surface area contributed by atoms with E-state index in [1.807, 2.05) is 20.8 Å². The first-order valence-corrected chi connectivity index (χ1v) is 8.14. The van der Waals surface area contributed by atoms with Crippen molar-refractivity contribution in [3.8, 4) is 5.75 Å². The lowest BCUT2D eigenvalue weighted by molar-refractivity contribution is 0.0123. The smallest absolute Gasteiger partial charge is 0.410 e. The highest BCUT2D eigenvalue weighted by atomic mass is 79.9. The molecule has 1 saturated heterocycles. The van der Waals surface area contributed by atoms with E-state index in [-0.39, 0.29) is 17.9 Å². The van der Waals surface area contributed by atoms with Crippen LogP contribution in [0.4, 0.5) is 9.18 Å². The molecule has 0 aromatic heterocycles. The van der Waals surface area contributed by atoms with E-state index in [4.69, 9.17) is 9.47 Å². The normalized spacial score (nSPS) is 16.5. The molecule has 4 nitrogen and oxygen atoms in total. The minimum Gasteiger partial charge on any atom is -0.487 e. The van der Waals surface area contributed by atoms with Crippen molar-refractivity contribution >= 4 is 22.0 Å². The van der Waals surface area contributed by atoms with Crippen LogP contribution in [-0.4, -0.2) is 35.8 Å². The first-order valence-electron chi connectivity index (χ1n) is 7.35. The maximum absolute atomic E-state index is 13.9. The molecule has 0 bridgehead atoms. The molecular formula is C16H21BrFNO3. The van der Waals surface area contributed by atoms with Gasteiger partial charge in [-0.25, -0.2) is 9.18 Å². The average Bonchev–Trinajstić information content (AvgIpc) is 2.43. The average molecular weight is 374 g/mol. The largest absolute Gasteiger partial charge is 0.487 e. The van der Waals surface area contributed by atoms with Crippen molar-refractivity contribution in [1.82, 2.24) is 4.90 Å². The second-order valence-corrected chi connectivity index (χ2v) is 7.19. The lowest BCUT2D eigenvalue weighted by atomic mass is 10.1. The molecule has 0 aliphatic carbocycles. The molecule has 1 aromatic rings. The molecule has 1 heterocycles. The van der Waals surface area contributed by atoms with Gasteiger partial charge in [0.25, 0.3) is 0 Å². The van der Waals surface area contributed by atoms with Crippen LogP contribution in [0.15, 0.2) is 22.7 Å². The molecule has 6 heteroatoms. The summed E-state index contributed by atoms with van der Waals surface area (Å²) in [6.45, 7) is 6.63. The molecule has 1 fully saturated rings. The number of rotatable bonds is 2. The second kappa shape index (κ2) is 6.86. The molecular weight excluding hydrogens is 353 g/mol. The molecule has 0 saturated carbocycles. The Morgan fingerprint density at radius 1 is 1.32 bits per heavy atom. The number of carbonyl (C=O) groups is 1. The zero-order valence-corrected chi connectivity index (χ0v) is 14.7. The summed E-state index contributed by atoms with van der Waals surface area (Å²) in [5.74, 6) is -0.151. The molecule has 0 unspecified atom stereocenters. The van der Waals surface area contributed by atoms with Crippen molar-refractivity contribution in [2.45, 2.75) is 45.3 Å². The van der Waals surface area contributed by atoms with Gasteiger partial charge in [-0.2, -0.15) is 0 Å². The van der Waals surface area contributed by atoms with Crippen LogP contribution >= 0.6 is 15.9 Å². The van der Waals surface area contributed by atoms with Crippen LogP contribution in [0.5, 0.6) is 5.75 Å². The van der Waals surface area contributed by atoms with Gasteiger partial charge in [0.05, 0.1) is 4.47 Å². The van der Waals surface area contributed by atoms with E-state index >= 15 is 0 Å². The zero-order valence-electron chi connectivity index (χ0n) is 13.1. The number of nitrogens with zero attached hydrogens (tertiary/aromatic N) is 1. The summed E-state index contributed by atoms with van der Waals surface area (Å²) in [6, 6.07) is 4.98. The number of carbonyl (C=O) groups excluding carboxylic acids is 1. The number of hydrogen-bond acceptors (Lipinski definition) is 3. The van der Waals surface area contributed by atoms with Gasteiger partial charge < -0.3 is 14.4 Å². The fourth-order valence-electron chi connectivity index (χ4n) is 2.24. The van der Waals surface area contributed by atoms with Crippen LogP contribution in [0.25, 0.3) is 0 Å². The molecule has 0 N–H and O–H groups in total. The highest BCUT2D eigenvalue weighted by molar-refractivity contribution is 9.10. The van der Waals surface area contributed by atoms with E-state index in [1.54, 1.807) is 23.1 Å². The minimum absolute atomic E-state index is 0.0949. The fourth-order valence-corrected chi connectivity index (χ4v) is 2.59. The Morgan fingerprint density at radius 2 is 1.95 bits per heavy atom. The molecule has 1 aromatic carbocycles. The van der Waals surface area contributed by atoms with Crippen LogP contribution < -0.4 is 4.74 Å². The van der Waals surface area contributed by atoms with Crippen molar-refractivity contribution in [2.75, 3.05) is 13.1 Å². The first kappa shape index (κ1) is 17.1. The lowest BCUT2D eigenvalue weighted by Crippen LogP contribution is -2.44. The topological polar surface area (TPSA) is 38.8 Å². The SMILES string of the molecule is CC(C)(C)OC(=O)N1CCC(Oc2cccc(Br)c2F)CC1. The number of benzene rings is 1. The molecule has 1 amide bonds. The Kier molecular flexibility index (Phi) is 5.32. The van der Waals surface area contributed by atoms with Gasteiger partial charge in [-0.3, -0.25) is 0 Å². The summed E-state index contributed by atoms with van der Waals surface area (Å²) >= 11 is 3.14. The van der Waals surface area contributed by atoms with Gasteiger partial charge in [0, 0.05) is 25.9 Å². The van der Waals surface area contributed by atoms with Gasteiger partial charge in [0.1, 0.15) is 11.7 Å². The van der Waals surface area contributed by atoms with Crippen molar-refractivity contribution in [2.24, 2.45) is 0 Å². The van der Waals surface area contributed by atoms with Gasteiger partial charge >= 0.3 is 6.09 Å². The van der Waals surface area contributed by atoms with E-state index < -0.39 is 11.4 Å². The van der Waals surface area contributed by atoms with Gasteiger partial charge in [-0.1, -0.05) is 6.07 Å². The fraction of sp³-hybridized carbons (Fsp3) is 0.562. The van der Waals surface area contributed by atoms with Crippen LogP contribution in [-0.2, 0) is 4.74 Å². The summed E-state index contributed by atoms with van der Waals surface area (Å²) < 4.78 is 25.3. The Morgan fingerprint density at radius 3 is 2.55 bits per heavy atom. The quantitative estimate of drug-likeness (QED) is 0.772. The van der Waals surface area contributed by atoms with E-state index in [0.29, 0.717) is 30.4 Å². The number of amides is 1. The summed E-state index contributed by atoms with van der Waals surface area (Å²) in [4.78, 5) is 13.6. The standard InChI is InChI=1S/C16H21BrFNO3/c1-16(2,3)22-15(20)19-9-7-11(8-10-19)21-13-6-4-5-12(17)14(13)18/h4-6,11H,7-10H2,1-3H3. The van der Waals surface area contributed by atoms with Crippen molar-refractivity contribution in [1.29, 1.82) is 0 Å². The number of hydrogen-bond donors (Lipinski definition) is 0. The molecule has 1 aliphatic rings. The molecule has 122 valence electrons. The Hall–Kier alpha value is -1.30. The summed E-state index contributed by atoms with van der Waals surface area (Å²) in [5, 5.41) is 0. The highest BCUT2D eigenvalue weighted by Gasteiger charge is 2.28. The van der Waals surface area contributed by atoms with Crippen molar-refractivity contribution < 1.29 is 18.7 Å². The molecule has 22 heavy (non-hydrogen) atoms. The summed E-state index contributed by atoms with van der Waals surface area (Å²) in [7, 11) is 0. The molecule has 0 spiro atoms. The maximum atomic E-state index is 13.9. The summed E-state index contributed by atoms with van der Waals surface area (Å²) in [5.41, 5.74) is -0.496. The minimum atomic E-state index is -0.496. The third-order valence-corrected chi connectivity index (χ3v) is 3.92. The zero-order chi connectivity index (χ0) is 16.3. The number of piperidine rings is 1. The van der Waals surface area contributed by atoms with Crippen molar-refractivity contribution in [3.05, 3.63) is 28.5 Å². The van der Waals surface area contributed by atoms with Crippen LogP contribution in [0, 0.1) is 5.82 Å². The lowest BCUT2D eigenvalue weighted by Gasteiger charge is -2.33. The third-order valence-electron chi connectivity index (χ3n) is 3.30. The number of halogens is 2. The number of ether oxygens (including phenoxy) is 2. The third kappa shape index (κ3) is 4.60. The first-order chi connectivity index (χ1) is 10.3. The Balaban J connectivity index is 1.87. The van der Waals surface area contributed by atoms with E-state index in [2.05, 4.69) is 15.9 Å². The predicted octanol–water partition coefficient (Wildman–Crippen LogP) is 4.37. The van der Waals surface area contributed by atoms with Gasteiger partial charge in [-0.15, -0.1) is 0 Å². The van der Waals surface area contributed by atoms with Gasteiger partial charge in [0.2, 0.25) is 0 Å². The van der Waals surface area contributed by atoms with E-state index in [1.165, 1.54) is 0 Å².